The van der Waals surface area contributed by atoms with E-state index in [0.29, 0.717) is 35.0 Å². The third-order valence-electron chi connectivity index (χ3n) is 4.12. The number of nitrogens with one attached hydrogen (secondary N) is 2. The fraction of sp³-hybridized carbons (Fsp3) is 0.130. The number of hydrogen-bond donors (Lipinski definition) is 2. The number of aryl methyl sites for hydroxylation is 1. The number of anilines is 2. The van der Waals surface area contributed by atoms with Gasteiger partial charge < -0.3 is 15.4 Å². The van der Waals surface area contributed by atoms with Gasteiger partial charge in [-0.3, -0.25) is 9.59 Å². The summed E-state index contributed by atoms with van der Waals surface area (Å²) >= 11 is 6.12. The highest BCUT2D eigenvalue weighted by atomic mass is 35.5. The minimum absolute atomic E-state index is 0.0988. The highest BCUT2D eigenvalue weighted by Gasteiger charge is 2.08. The number of halogens is 1. The van der Waals surface area contributed by atoms with Gasteiger partial charge >= 0.3 is 0 Å². The average Bonchev–Trinajstić information content (AvgIpc) is 2.73. The molecule has 0 saturated carbocycles. The molecule has 3 aromatic carbocycles. The van der Waals surface area contributed by atoms with E-state index in [9.17, 15) is 9.59 Å². The Hall–Kier alpha value is -3.31. The lowest BCUT2D eigenvalue weighted by atomic mass is 10.1. The second-order valence-corrected chi connectivity index (χ2v) is 6.78. The molecule has 0 aromatic heterocycles. The second kappa shape index (κ2) is 10.3. The molecule has 0 spiro atoms. The zero-order chi connectivity index (χ0) is 20.5. The maximum absolute atomic E-state index is 12.2. The molecule has 0 aliphatic heterocycles. The highest BCUT2D eigenvalue weighted by molar-refractivity contribution is 6.31. The van der Waals surface area contributed by atoms with Crippen molar-refractivity contribution in [1.82, 2.24) is 0 Å². The van der Waals surface area contributed by atoms with Gasteiger partial charge in [-0.25, -0.2) is 0 Å². The van der Waals surface area contributed by atoms with E-state index in [-0.39, 0.29) is 18.4 Å². The van der Waals surface area contributed by atoms with Crippen molar-refractivity contribution in [3.8, 4) is 5.75 Å². The molecule has 5 nitrogen and oxygen atoms in total. The molecule has 29 heavy (non-hydrogen) atoms. The van der Waals surface area contributed by atoms with Crippen LogP contribution in [0.5, 0.6) is 5.75 Å². The van der Waals surface area contributed by atoms with E-state index in [1.165, 1.54) is 0 Å². The lowest BCUT2D eigenvalue weighted by Gasteiger charge is -2.10. The zero-order valence-corrected chi connectivity index (χ0v) is 16.5. The van der Waals surface area contributed by atoms with Gasteiger partial charge in [-0.15, -0.1) is 0 Å². The van der Waals surface area contributed by atoms with Crippen LogP contribution in [0.3, 0.4) is 0 Å². The molecule has 148 valence electrons. The third-order valence-corrected chi connectivity index (χ3v) is 4.49. The molecule has 0 atom stereocenters. The van der Waals surface area contributed by atoms with E-state index in [4.69, 9.17) is 16.3 Å². The smallest absolute Gasteiger partial charge is 0.262 e. The van der Waals surface area contributed by atoms with Crippen LogP contribution in [0.4, 0.5) is 11.4 Å². The summed E-state index contributed by atoms with van der Waals surface area (Å²) in [4.78, 5) is 24.3. The fourth-order valence-corrected chi connectivity index (χ4v) is 2.94. The predicted octanol–water partition coefficient (Wildman–Crippen LogP) is 4.93. The summed E-state index contributed by atoms with van der Waals surface area (Å²) in [6.45, 7) is -0.0988. The summed E-state index contributed by atoms with van der Waals surface area (Å²) in [7, 11) is 0. The number of carbonyl (C=O) groups excluding carboxylic acids is 2. The van der Waals surface area contributed by atoms with Gasteiger partial charge in [-0.1, -0.05) is 54.1 Å². The van der Waals surface area contributed by atoms with Crippen molar-refractivity contribution in [3.05, 3.63) is 89.4 Å². The van der Waals surface area contributed by atoms with Crippen LogP contribution in [-0.4, -0.2) is 18.4 Å². The number of hydrogen-bond acceptors (Lipinski definition) is 3. The quantitative estimate of drug-likeness (QED) is 0.555. The van der Waals surface area contributed by atoms with Gasteiger partial charge in [0.2, 0.25) is 5.91 Å². The molecular formula is C23H21ClN2O3. The van der Waals surface area contributed by atoms with Gasteiger partial charge in [0.15, 0.2) is 6.61 Å². The van der Waals surface area contributed by atoms with Crippen LogP contribution in [0.1, 0.15) is 12.0 Å². The molecule has 0 aliphatic carbocycles. The van der Waals surface area contributed by atoms with Crippen molar-refractivity contribution in [1.29, 1.82) is 0 Å². The van der Waals surface area contributed by atoms with Crippen LogP contribution in [0.2, 0.25) is 5.02 Å². The summed E-state index contributed by atoms with van der Waals surface area (Å²) in [6.07, 6.45) is 0.865. The molecule has 0 heterocycles. The second-order valence-electron chi connectivity index (χ2n) is 6.37. The lowest BCUT2D eigenvalue weighted by molar-refractivity contribution is -0.118. The van der Waals surface area contributed by atoms with Gasteiger partial charge in [-0.2, -0.15) is 0 Å². The van der Waals surface area contributed by atoms with Gasteiger partial charge in [0.1, 0.15) is 5.75 Å². The number of ether oxygens (including phenoxy) is 1. The van der Waals surface area contributed by atoms with E-state index in [1.807, 2.05) is 42.5 Å². The number of rotatable bonds is 8. The van der Waals surface area contributed by atoms with Gasteiger partial charge in [-0.05, 0) is 48.4 Å². The van der Waals surface area contributed by atoms with Gasteiger partial charge in [0, 0.05) is 22.8 Å². The summed E-state index contributed by atoms with van der Waals surface area (Å²) < 4.78 is 5.43. The largest absolute Gasteiger partial charge is 0.484 e. The molecule has 0 saturated heterocycles. The van der Waals surface area contributed by atoms with E-state index < -0.39 is 0 Å². The molecule has 6 heteroatoms. The lowest BCUT2D eigenvalue weighted by Crippen LogP contribution is -2.20. The predicted molar refractivity (Wildman–Crippen MR) is 115 cm³/mol. The maximum atomic E-state index is 12.2. The highest BCUT2D eigenvalue weighted by Crippen LogP contribution is 2.18. The van der Waals surface area contributed by atoms with E-state index in [2.05, 4.69) is 10.6 Å². The van der Waals surface area contributed by atoms with Gasteiger partial charge in [0.25, 0.3) is 5.91 Å². The van der Waals surface area contributed by atoms with Crippen molar-refractivity contribution >= 4 is 34.8 Å². The minimum Gasteiger partial charge on any atom is -0.484 e. The standard InChI is InChI=1S/C23H21ClN2O3/c24-21-12-5-4-7-17(21)13-14-22(27)25-18-8-6-9-19(15-18)26-23(28)16-29-20-10-2-1-3-11-20/h1-12,15H,13-14,16H2,(H,25,27)(H,26,28). The van der Waals surface area contributed by atoms with Crippen molar-refractivity contribution in [2.75, 3.05) is 17.2 Å². The SMILES string of the molecule is O=C(CCc1ccccc1Cl)Nc1cccc(NC(=O)COc2ccccc2)c1. The normalized spacial score (nSPS) is 10.2. The average molecular weight is 409 g/mol. The van der Waals surface area contributed by atoms with Crippen LogP contribution in [0.15, 0.2) is 78.9 Å². The Balaban J connectivity index is 1.49. The first kappa shape index (κ1) is 20.4. The first-order chi connectivity index (χ1) is 14.1. The van der Waals surface area contributed by atoms with Crippen LogP contribution in [0, 0.1) is 0 Å². The zero-order valence-electron chi connectivity index (χ0n) is 15.7. The number of benzene rings is 3. The van der Waals surface area contributed by atoms with E-state index in [1.54, 1.807) is 36.4 Å². The van der Waals surface area contributed by atoms with Crippen LogP contribution < -0.4 is 15.4 Å². The third kappa shape index (κ3) is 6.66. The molecule has 0 fully saturated rings. The maximum Gasteiger partial charge on any atom is 0.262 e. The molecule has 0 radical (unpaired) electrons. The first-order valence-electron chi connectivity index (χ1n) is 9.21. The molecular weight excluding hydrogens is 388 g/mol. The molecule has 3 rings (SSSR count). The summed E-state index contributed by atoms with van der Waals surface area (Å²) in [5, 5.41) is 6.25. The van der Waals surface area contributed by atoms with Crippen LogP contribution in [-0.2, 0) is 16.0 Å². The molecule has 3 aromatic rings. The molecule has 0 unspecified atom stereocenters. The number of amides is 2. The van der Waals surface area contributed by atoms with E-state index >= 15 is 0 Å². The van der Waals surface area contributed by atoms with Crippen molar-refractivity contribution in [3.63, 3.8) is 0 Å². The van der Waals surface area contributed by atoms with E-state index in [0.717, 1.165) is 5.56 Å². The van der Waals surface area contributed by atoms with Crippen LogP contribution in [0.25, 0.3) is 0 Å². The molecule has 2 N–H and O–H groups in total. The van der Waals surface area contributed by atoms with Crippen molar-refractivity contribution < 1.29 is 14.3 Å². The molecule has 2 amide bonds. The molecule has 0 bridgehead atoms. The monoisotopic (exact) mass is 408 g/mol. The Bertz CT molecular complexity index is 977. The number of para-hydroxylation sites is 1. The van der Waals surface area contributed by atoms with Gasteiger partial charge in [0.05, 0.1) is 0 Å². The minimum atomic E-state index is -0.281. The Morgan fingerprint density at radius 3 is 2.17 bits per heavy atom. The Morgan fingerprint density at radius 1 is 0.793 bits per heavy atom. The number of carbonyl (C=O) groups is 2. The topological polar surface area (TPSA) is 67.4 Å². The Kier molecular flexibility index (Phi) is 7.25. The fourth-order valence-electron chi connectivity index (χ4n) is 2.71. The van der Waals surface area contributed by atoms with Crippen molar-refractivity contribution in [2.45, 2.75) is 12.8 Å². The first-order valence-corrected chi connectivity index (χ1v) is 9.59. The van der Waals surface area contributed by atoms with Crippen LogP contribution >= 0.6 is 11.6 Å². The van der Waals surface area contributed by atoms with Crippen molar-refractivity contribution in [2.24, 2.45) is 0 Å². The Labute approximate surface area is 174 Å². The summed E-state index contributed by atoms with van der Waals surface area (Å²) in [5.41, 5.74) is 2.12. The summed E-state index contributed by atoms with van der Waals surface area (Å²) in [6, 6.07) is 23.6. The Morgan fingerprint density at radius 2 is 1.45 bits per heavy atom. The molecule has 0 aliphatic rings. The summed E-state index contributed by atoms with van der Waals surface area (Å²) in [5.74, 6) is 0.221.